The molecule has 3 heteroatoms. The highest BCUT2D eigenvalue weighted by molar-refractivity contribution is 5.13. The minimum Gasteiger partial charge on any atom is -0.393 e. The lowest BCUT2D eigenvalue weighted by Crippen LogP contribution is -2.07. The third kappa shape index (κ3) is 5.43. The van der Waals surface area contributed by atoms with Crippen LogP contribution in [0.4, 0.5) is 0 Å². The maximum absolute atomic E-state index is 8.14. The molecule has 0 aliphatic carbocycles. The molecule has 0 spiro atoms. The summed E-state index contributed by atoms with van der Waals surface area (Å²) in [6, 6.07) is 0. The average Bonchev–Trinajstić information content (AvgIpc) is 1.61. The highest BCUT2D eigenvalue weighted by Crippen LogP contribution is 1.66. The van der Waals surface area contributed by atoms with Crippen LogP contribution >= 0.6 is 0 Å². The summed E-state index contributed by atoms with van der Waals surface area (Å²) < 4.78 is 1.30. The first-order chi connectivity index (χ1) is 3.27. The Labute approximate surface area is 42.8 Å². The molecule has 0 amide bonds. The lowest BCUT2D eigenvalue weighted by atomic mass is 10.8. The molecule has 42 valence electrons. The van der Waals surface area contributed by atoms with Gasteiger partial charge in [0.05, 0.1) is 6.61 Å². The van der Waals surface area contributed by atoms with Crippen LogP contribution < -0.4 is 0 Å². The summed E-state index contributed by atoms with van der Waals surface area (Å²) >= 11 is 0. The summed E-state index contributed by atoms with van der Waals surface area (Å²) in [4.78, 5) is 4.66. The molecule has 0 heterocycles. The Hall–Kier alpha value is -0.570. The minimum absolute atomic E-state index is 0.0415. The summed E-state index contributed by atoms with van der Waals surface area (Å²) in [6.07, 6.45) is 0. The summed E-state index contributed by atoms with van der Waals surface area (Å²) in [6.45, 7) is 3.74. The standard InChI is InChI=1S/C4H10NO2/c1-5(2)7-4-3-6/h6H,1,3-4H2,2H3/q+1. The Morgan fingerprint density at radius 2 is 2.43 bits per heavy atom. The van der Waals surface area contributed by atoms with E-state index in [-0.39, 0.29) is 6.61 Å². The molecule has 0 aromatic rings. The van der Waals surface area contributed by atoms with Gasteiger partial charge in [-0.05, 0) is 4.74 Å². The quantitative estimate of drug-likeness (QED) is 0.290. The fourth-order valence-corrected chi connectivity index (χ4v) is 0.197. The molecule has 0 atom stereocenters. The molecular weight excluding hydrogens is 94.0 g/mol. The molecule has 0 aliphatic rings. The smallest absolute Gasteiger partial charge is 0.182 e. The number of aliphatic hydroxyl groups excluding tert-OH is 1. The van der Waals surface area contributed by atoms with E-state index in [2.05, 4.69) is 11.6 Å². The number of hydroxylamine groups is 1. The lowest BCUT2D eigenvalue weighted by molar-refractivity contribution is -0.763. The topological polar surface area (TPSA) is 32.5 Å². The van der Waals surface area contributed by atoms with E-state index in [0.29, 0.717) is 6.61 Å². The summed E-state index contributed by atoms with van der Waals surface area (Å²) in [7, 11) is 1.66. The zero-order chi connectivity index (χ0) is 5.70. The number of nitrogens with zero attached hydrogens (tertiary/aromatic N) is 1. The van der Waals surface area contributed by atoms with Crippen molar-refractivity contribution in [3.8, 4) is 0 Å². The molecule has 0 radical (unpaired) electrons. The fraction of sp³-hybridized carbons (Fsp3) is 0.750. The maximum Gasteiger partial charge on any atom is 0.182 e. The summed E-state index contributed by atoms with van der Waals surface area (Å²) in [5.41, 5.74) is 0. The molecule has 0 aliphatic heterocycles. The molecule has 0 fully saturated rings. The van der Waals surface area contributed by atoms with E-state index in [1.54, 1.807) is 7.05 Å². The van der Waals surface area contributed by atoms with Crippen molar-refractivity contribution in [2.45, 2.75) is 0 Å². The second-order valence-electron chi connectivity index (χ2n) is 1.18. The van der Waals surface area contributed by atoms with Crippen molar-refractivity contribution in [1.82, 2.24) is 0 Å². The Morgan fingerprint density at radius 1 is 1.86 bits per heavy atom. The van der Waals surface area contributed by atoms with Crippen molar-refractivity contribution in [3.63, 3.8) is 0 Å². The van der Waals surface area contributed by atoms with Crippen LogP contribution in [0.5, 0.6) is 0 Å². The van der Waals surface area contributed by atoms with Crippen LogP contribution in [0, 0.1) is 0 Å². The van der Waals surface area contributed by atoms with E-state index in [0.717, 1.165) is 0 Å². The number of aliphatic hydroxyl groups is 1. The third-order valence-electron chi connectivity index (χ3n) is 0.403. The fourth-order valence-electron chi connectivity index (χ4n) is 0.197. The number of hydrogen-bond donors (Lipinski definition) is 1. The van der Waals surface area contributed by atoms with Crippen LogP contribution in [-0.4, -0.2) is 36.8 Å². The van der Waals surface area contributed by atoms with E-state index < -0.39 is 0 Å². The van der Waals surface area contributed by atoms with Crippen LogP contribution in [0.25, 0.3) is 0 Å². The van der Waals surface area contributed by atoms with Gasteiger partial charge in [0.2, 0.25) is 0 Å². The third-order valence-corrected chi connectivity index (χ3v) is 0.403. The van der Waals surface area contributed by atoms with Gasteiger partial charge in [0.25, 0.3) is 0 Å². The van der Waals surface area contributed by atoms with Crippen molar-refractivity contribution in [2.75, 3.05) is 20.3 Å². The van der Waals surface area contributed by atoms with Gasteiger partial charge in [0.1, 0.15) is 0 Å². The van der Waals surface area contributed by atoms with Crippen LogP contribution in [0.3, 0.4) is 0 Å². The zero-order valence-electron chi connectivity index (χ0n) is 4.42. The van der Waals surface area contributed by atoms with Crippen molar-refractivity contribution in [3.05, 3.63) is 0 Å². The van der Waals surface area contributed by atoms with Crippen molar-refractivity contribution in [2.24, 2.45) is 0 Å². The van der Waals surface area contributed by atoms with Gasteiger partial charge < -0.3 is 5.11 Å². The largest absolute Gasteiger partial charge is 0.393 e. The normalized spacial score (nSPS) is 8.29. The predicted octanol–water partition coefficient (Wildman–Crippen LogP) is -0.747. The zero-order valence-corrected chi connectivity index (χ0v) is 4.42. The molecule has 0 aromatic heterocycles. The van der Waals surface area contributed by atoms with Gasteiger partial charge in [0.15, 0.2) is 20.4 Å². The molecule has 3 nitrogen and oxygen atoms in total. The van der Waals surface area contributed by atoms with Gasteiger partial charge in [-0.15, -0.1) is 0 Å². The molecule has 0 saturated carbocycles. The van der Waals surface area contributed by atoms with Crippen LogP contribution in [0.1, 0.15) is 0 Å². The predicted molar refractivity (Wildman–Crippen MR) is 26.3 cm³/mol. The molecule has 0 saturated heterocycles. The SMILES string of the molecule is C=[N+](C)OCCO. The van der Waals surface area contributed by atoms with Gasteiger partial charge in [-0.3, -0.25) is 4.84 Å². The molecule has 1 N–H and O–H groups in total. The van der Waals surface area contributed by atoms with Crippen LogP contribution in [0.2, 0.25) is 0 Å². The lowest BCUT2D eigenvalue weighted by Gasteiger charge is -1.90. The van der Waals surface area contributed by atoms with Gasteiger partial charge >= 0.3 is 0 Å². The Balaban J connectivity index is 2.82. The molecule has 0 rings (SSSR count). The second-order valence-corrected chi connectivity index (χ2v) is 1.18. The first-order valence-corrected chi connectivity index (χ1v) is 2.05. The Kier molecular flexibility index (Phi) is 3.32. The molecule has 0 bridgehead atoms. The van der Waals surface area contributed by atoms with E-state index in [1.165, 1.54) is 4.74 Å². The van der Waals surface area contributed by atoms with Crippen molar-refractivity contribution in [1.29, 1.82) is 0 Å². The van der Waals surface area contributed by atoms with E-state index in [1.807, 2.05) is 0 Å². The van der Waals surface area contributed by atoms with E-state index in [9.17, 15) is 0 Å². The maximum atomic E-state index is 8.14. The Morgan fingerprint density at radius 3 is 2.57 bits per heavy atom. The highest BCUT2D eigenvalue weighted by atomic mass is 16.7. The van der Waals surface area contributed by atoms with Crippen LogP contribution in [0.15, 0.2) is 0 Å². The van der Waals surface area contributed by atoms with E-state index in [4.69, 9.17) is 5.11 Å². The first-order valence-electron chi connectivity index (χ1n) is 2.05. The van der Waals surface area contributed by atoms with Gasteiger partial charge in [0, 0.05) is 0 Å². The summed E-state index contributed by atoms with van der Waals surface area (Å²) in [5, 5.41) is 8.14. The molecule has 0 unspecified atom stereocenters. The number of hydrogen-bond acceptors (Lipinski definition) is 2. The number of rotatable bonds is 3. The average molecular weight is 104 g/mol. The molecule has 7 heavy (non-hydrogen) atoms. The van der Waals surface area contributed by atoms with Crippen LogP contribution in [-0.2, 0) is 4.84 Å². The molecule has 0 aromatic carbocycles. The summed E-state index contributed by atoms with van der Waals surface area (Å²) in [5.74, 6) is 0. The van der Waals surface area contributed by atoms with Crippen molar-refractivity contribution >= 4 is 6.72 Å². The van der Waals surface area contributed by atoms with Gasteiger partial charge in [-0.1, -0.05) is 0 Å². The Bertz CT molecular complexity index is 62.7. The highest BCUT2D eigenvalue weighted by Gasteiger charge is 1.85. The monoisotopic (exact) mass is 104 g/mol. The van der Waals surface area contributed by atoms with Gasteiger partial charge in [-0.2, -0.15) is 0 Å². The van der Waals surface area contributed by atoms with Crippen molar-refractivity contribution < 1.29 is 14.7 Å². The second kappa shape index (κ2) is 3.61. The minimum atomic E-state index is 0.0415. The van der Waals surface area contributed by atoms with Gasteiger partial charge in [-0.25, -0.2) is 0 Å². The van der Waals surface area contributed by atoms with E-state index >= 15 is 0 Å². The first kappa shape index (κ1) is 6.43. The molecular formula is C4H10NO2+.